The summed E-state index contributed by atoms with van der Waals surface area (Å²) in [6.07, 6.45) is 0. The van der Waals surface area contributed by atoms with E-state index in [9.17, 15) is 13.6 Å². The molecule has 0 atom stereocenters. The van der Waals surface area contributed by atoms with Crippen LogP contribution in [0.5, 0.6) is 0 Å². The predicted molar refractivity (Wildman–Crippen MR) is 84.9 cm³/mol. The number of para-hydroxylation sites is 1. The maximum Gasteiger partial charge on any atom is 0.234 e. The highest BCUT2D eigenvalue weighted by Gasteiger charge is 2.07. The van der Waals surface area contributed by atoms with Crippen molar-refractivity contribution in [2.24, 2.45) is 0 Å². The molecule has 0 spiro atoms. The first-order chi connectivity index (χ1) is 9.56. The van der Waals surface area contributed by atoms with Gasteiger partial charge in [0.2, 0.25) is 5.91 Å². The Morgan fingerprint density at radius 2 is 1.90 bits per heavy atom. The van der Waals surface area contributed by atoms with Crippen molar-refractivity contribution >= 4 is 45.9 Å². The third kappa shape index (κ3) is 4.17. The van der Waals surface area contributed by atoms with Crippen molar-refractivity contribution < 1.29 is 13.6 Å². The molecule has 0 radical (unpaired) electrons. The van der Waals surface area contributed by atoms with Crippen molar-refractivity contribution in [3.05, 3.63) is 57.7 Å². The van der Waals surface area contributed by atoms with E-state index in [4.69, 9.17) is 0 Å². The average molecular weight is 405 g/mol. The maximum atomic E-state index is 13.0. The molecule has 2 nitrogen and oxygen atoms in total. The van der Waals surface area contributed by atoms with E-state index in [-0.39, 0.29) is 11.7 Å². The molecule has 1 N–H and O–H groups in total. The number of benzene rings is 2. The summed E-state index contributed by atoms with van der Waals surface area (Å²) in [6, 6.07) is 11.0. The van der Waals surface area contributed by atoms with E-state index in [1.807, 2.05) is 24.3 Å². The Bertz CT molecular complexity index is 636. The van der Waals surface area contributed by atoms with Crippen LogP contribution in [0.3, 0.4) is 0 Å². The van der Waals surface area contributed by atoms with Crippen molar-refractivity contribution in [2.75, 3.05) is 11.1 Å². The number of nitrogens with one attached hydrogen (secondary N) is 1. The van der Waals surface area contributed by atoms with E-state index >= 15 is 0 Å². The standard InChI is InChI=1S/C14H10F2INOS/c15-10-6-5-9(7-11(10)16)20-8-14(19)18-13-4-2-1-3-12(13)17/h1-7H,8H2,(H,18,19). The fraction of sp³-hybridized carbons (Fsp3) is 0.0714. The molecule has 2 aromatic carbocycles. The predicted octanol–water partition coefficient (Wildman–Crippen LogP) is 4.30. The highest BCUT2D eigenvalue weighted by molar-refractivity contribution is 14.1. The minimum absolute atomic E-state index is 0.135. The first-order valence-electron chi connectivity index (χ1n) is 5.68. The highest BCUT2D eigenvalue weighted by atomic mass is 127. The third-order valence-electron chi connectivity index (χ3n) is 2.41. The van der Waals surface area contributed by atoms with Gasteiger partial charge in [-0.25, -0.2) is 8.78 Å². The minimum atomic E-state index is -0.909. The summed E-state index contributed by atoms with van der Waals surface area (Å²) in [6.45, 7) is 0. The number of carbonyl (C=O) groups excluding carboxylic acids is 1. The highest BCUT2D eigenvalue weighted by Crippen LogP contribution is 2.21. The Balaban J connectivity index is 1.92. The molecule has 2 rings (SSSR count). The van der Waals surface area contributed by atoms with E-state index in [1.54, 1.807) is 0 Å². The molecule has 2 aromatic rings. The molecular formula is C14H10F2INOS. The Hall–Kier alpha value is -1.15. The van der Waals surface area contributed by atoms with Gasteiger partial charge in [0.05, 0.1) is 11.4 Å². The number of carbonyl (C=O) groups is 1. The van der Waals surface area contributed by atoms with Crippen LogP contribution in [0.2, 0.25) is 0 Å². The second kappa shape index (κ2) is 7.03. The molecule has 0 fully saturated rings. The van der Waals surface area contributed by atoms with Gasteiger partial charge >= 0.3 is 0 Å². The summed E-state index contributed by atoms with van der Waals surface area (Å²) < 4.78 is 26.7. The molecule has 0 heterocycles. The molecule has 0 aliphatic heterocycles. The van der Waals surface area contributed by atoms with Crippen LogP contribution < -0.4 is 5.32 Å². The molecule has 0 saturated carbocycles. The number of anilines is 1. The number of hydrogen-bond acceptors (Lipinski definition) is 2. The van der Waals surface area contributed by atoms with Gasteiger partial charge in [0.15, 0.2) is 11.6 Å². The van der Waals surface area contributed by atoms with E-state index in [0.29, 0.717) is 4.90 Å². The van der Waals surface area contributed by atoms with Crippen LogP contribution in [0.25, 0.3) is 0 Å². The number of amides is 1. The average Bonchev–Trinajstić information content (AvgIpc) is 2.43. The van der Waals surface area contributed by atoms with Crippen LogP contribution in [-0.2, 0) is 4.79 Å². The van der Waals surface area contributed by atoms with Gasteiger partial charge in [-0.15, -0.1) is 11.8 Å². The van der Waals surface area contributed by atoms with E-state index in [1.165, 1.54) is 6.07 Å². The zero-order valence-corrected chi connectivity index (χ0v) is 13.2. The number of hydrogen-bond donors (Lipinski definition) is 1. The Kier molecular flexibility index (Phi) is 5.36. The summed E-state index contributed by atoms with van der Waals surface area (Å²) in [5.41, 5.74) is 0.740. The van der Waals surface area contributed by atoms with Gasteiger partial charge in [-0.3, -0.25) is 4.79 Å². The summed E-state index contributed by atoms with van der Waals surface area (Å²) in [5, 5.41) is 2.77. The van der Waals surface area contributed by atoms with E-state index < -0.39 is 11.6 Å². The molecule has 6 heteroatoms. The van der Waals surface area contributed by atoms with Crippen LogP contribution in [-0.4, -0.2) is 11.7 Å². The lowest BCUT2D eigenvalue weighted by atomic mass is 10.3. The van der Waals surface area contributed by atoms with Crippen molar-refractivity contribution in [3.63, 3.8) is 0 Å². The smallest absolute Gasteiger partial charge is 0.234 e. The summed E-state index contributed by atoms with van der Waals surface area (Å²) in [4.78, 5) is 12.3. The third-order valence-corrected chi connectivity index (χ3v) is 4.34. The zero-order valence-electron chi connectivity index (χ0n) is 10.2. The summed E-state index contributed by atoms with van der Waals surface area (Å²) in [5.74, 6) is -1.86. The number of thioether (sulfide) groups is 1. The van der Waals surface area contributed by atoms with Crippen molar-refractivity contribution in [2.45, 2.75) is 4.90 Å². The fourth-order valence-electron chi connectivity index (χ4n) is 1.46. The summed E-state index contributed by atoms with van der Waals surface area (Å²) in [7, 11) is 0. The van der Waals surface area contributed by atoms with Gasteiger partial charge in [0.25, 0.3) is 0 Å². The lowest BCUT2D eigenvalue weighted by Crippen LogP contribution is -2.14. The quantitative estimate of drug-likeness (QED) is 0.607. The van der Waals surface area contributed by atoms with Gasteiger partial charge in [-0.2, -0.15) is 0 Å². The van der Waals surface area contributed by atoms with Gasteiger partial charge in [0.1, 0.15) is 0 Å². The second-order valence-electron chi connectivity index (χ2n) is 3.89. The van der Waals surface area contributed by atoms with Crippen LogP contribution in [0.4, 0.5) is 14.5 Å². The van der Waals surface area contributed by atoms with E-state index in [2.05, 4.69) is 27.9 Å². The van der Waals surface area contributed by atoms with Crippen molar-refractivity contribution in [3.8, 4) is 0 Å². The monoisotopic (exact) mass is 405 g/mol. The molecule has 20 heavy (non-hydrogen) atoms. The van der Waals surface area contributed by atoms with Crippen LogP contribution in [0.1, 0.15) is 0 Å². The molecular weight excluding hydrogens is 395 g/mol. The molecule has 0 bridgehead atoms. The molecule has 0 aliphatic rings. The zero-order chi connectivity index (χ0) is 14.5. The lowest BCUT2D eigenvalue weighted by Gasteiger charge is -2.07. The largest absolute Gasteiger partial charge is 0.324 e. The van der Waals surface area contributed by atoms with Crippen LogP contribution in [0.15, 0.2) is 47.4 Å². The topological polar surface area (TPSA) is 29.1 Å². The first-order valence-corrected chi connectivity index (χ1v) is 7.75. The van der Waals surface area contributed by atoms with E-state index in [0.717, 1.165) is 33.2 Å². The Morgan fingerprint density at radius 1 is 1.15 bits per heavy atom. The van der Waals surface area contributed by atoms with Crippen molar-refractivity contribution in [1.29, 1.82) is 0 Å². The van der Waals surface area contributed by atoms with Crippen LogP contribution >= 0.6 is 34.4 Å². The summed E-state index contributed by atoms with van der Waals surface area (Å²) >= 11 is 3.28. The van der Waals surface area contributed by atoms with Gasteiger partial charge in [0, 0.05) is 8.47 Å². The molecule has 0 aromatic heterocycles. The van der Waals surface area contributed by atoms with Gasteiger partial charge in [-0.05, 0) is 52.9 Å². The molecule has 0 unspecified atom stereocenters. The van der Waals surface area contributed by atoms with Gasteiger partial charge in [-0.1, -0.05) is 12.1 Å². The molecule has 1 amide bonds. The molecule has 0 aliphatic carbocycles. The normalized spacial score (nSPS) is 10.3. The van der Waals surface area contributed by atoms with Crippen LogP contribution in [0, 0.1) is 15.2 Å². The number of halogens is 3. The lowest BCUT2D eigenvalue weighted by molar-refractivity contribution is -0.113. The molecule has 0 saturated heterocycles. The molecule has 104 valence electrons. The number of rotatable bonds is 4. The second-order valence-corrected chi connectivity index (χ2v) is 6.10. The SMILES string of the molecule is O=C(CSc1ccc(F)c(F)c1)Nc1ccccc1I. The first kappa shape index (κ1) is 15.2. The Labute approximate surface area is 133 Å². The minimum Gasteiger partial charge on any atom is -0.324 e. The fourth-order valence-corrected chi connectivity index (χ4v) is 2.71. The van der Waals surface area contributed by atoms with Gasteiger partial charge < -0.3 is 5.32 Å². The van der Waals surface area contributed by atoms with Crippen molar-refractivity contribution in [1.82, 2.24) is 0 Å². The maximum absolute atomic E-state index is 13.0. The Morgan fingerprint density at radius 3 is 2.60 bits per heavy atom.